The molecule has 0 amide bonds. The van der Waals surface area contributed by atoms with E-state index in [4.69, 9.17) is 9.47 Å². The van der Waals surface area contributed by atoms with E-state index in [0.717, 1.165) is 24.3 Å². The van der Waals surface area contributed by atoms with Gasteiger partial charge in [-0.05, 0) is 25.5 Å². The van der Waals surface area contributed by atoms with E-state index >= 15 is 0 Å². The normalized spacial score (nSPS) is 20.3. The zero-order valence-electron chi connectivity index (χ0n) is 9.12. The Morgan fingerprint density at radius 3 is 2.87 bits per heavy atom. The smallest absolute Gasteiger partial charge is 0.257 e. The van der Waals surface area contributed by atoms with Gasteiger partial charge in [0.15, 0.2) is 5.75 Å². The number of ether oxygens (including phenoxy) is 2. The van der Waals surface area contributed by atoms with Crippen molar-refractivity contribution in [2.75, 3.05) is 20.8 Å². The Hall–Kier alpha value is -1.29. The lowest BCUT2D eigenvalue weighted by molar-refractivity contribution is 0.337. The van der Waals surface area contributed by atoms with Gasteiger partial charge in [0.25, 0.3) is 5.88 Å². The summed E-state index contributed by atoms with van der Waals surface area (Å²) < 4.78 is 10.5. The van der Waals surface area contributed by atoms with Crippen molar-refractivity contribution in [2.45, 2.75) is 18.9 Å². The van der Waals surface area contributed by atoms with E-state index in [2.05, 4.69) is 10.3 Å². The number of pyridine rings is 1. The van der Waals surface area contributed by atoms with E-state index in [-0.39, 0.29) is 0 Å². The number of rotatable bonds is 3. The summed E-state index contributed by atoms with van der Waals surface area (Å²) in [7, 11) is 3.26. The van der Waals surface area contributed by atoms with Gasteiger partial charge in [-0.15, -0.1) is 0 Å². The zero-order valence-corrected chi connectivity index (χ0v) is 9.12. The molecular formula is C11H16N2O2. The molecule has 1 aromatic heterocycles. The fourth-order valence-corrected chi connectivity index (χ4v) is 2.02. The first-order chi connectivity index (χ1) is 7.36. The second-order valence-electron chi connectivity index (χ2n) is 3.59. The van der Waals surface area contributed by atoms with E-state index in [1.54, 1.807) is 20.4 Å². The van der Waals surface area contributed by atoms with Crippen molar-refractivity contribution in [3.05, 3.63) is 17.8 Å². The molecule has 1 aliphatic heterocycles. The Kier molecular flexibility index (Phi) is 3.06. The summed E-state index contributed by atoms with van der Waals surface area (Å²) >= 11 is 0. The fourth-order valence-electron chi connectivity index (χ4n) is 2.02. The van der Waals surface area contributed by atoms with Crippen molar-refractivity contribution >= 4 is 0 Å². The third kappa shape index (κ3) is 1.90. The zero-order chi connectivity index (χ0) is 10.7. The molecule has 1 aromatic rings. The average molecular weight is 208 g/mol. The van der Waals surface area contributed by atoms with Crippen molar-refractivity contribution < 1.29 is 9.47 Å². The molecule has 0 radical (unpaired) electrons. The summed E-state index contributed by atoms with van der Waals surface area (Å²) in [6.07, 6.45) is 4.11. The molecule has 1 saturated heterocycles. The molecule has 0 spiro atoms. The predicted molar refractivity (Wildman–Crippen MR) is 57.3 cm³/mol. The molecule has 0 saturated carbocycles. The van der Waals surface area contributed by atoms with Gasteiger partial charge >= 0.3 is 0 Å². The van der Waals surface area contributed by atoms with Crippen LogP contribution in [0.5, 0.6) is 11.6 Å². The van der Waals surface area contributed by atoms with Crippen LogP contribution in [0.3, 0.4) is 0 Å². The Labute approximate surface area is 89.6 Å². The van der Waals surface area contributed by atoms with Gasteiger partial charge in [0.1, 0.15) is 0 Å². The van der Waals surface area contributed by atoms with Crippen LogP contribution >= 0.6 is 0 Å². The maximum absolute atomic E-state index is 5.35. The van der Waals surface area contributed by atoms with Crippen molar-refractivity contribution in [1.29, 1.82) is 0 Å². The minimum atomic E-state index is 0.372. The van der Waals surface area contributed by atoms with E-state index in [9.17, 15) is 0 Å². The fraction of sp³-hybridized carbons (Fsp3) is 0.545. The van der Waals surface area contributed by atoms with Crippen LogP contribution in [0.25, 0.3) is 0 Å². The lowest BCUT2D eigenvalue weighted by atomic mass is 10.1. The standard InChI is InChI=1S/C11H16N2O2/c1-14-10-8(9-4-3-6-12-9)5-7-13-11(10)15-2/h5,7,9,12H,3-4,6H2,1-2H3. The second-order valence-corrected chi connectivity index (χ2v) is 3.59. The molecule has 0 bridgehead atoms. The van der Waals surface area contributed by atoms with Crippen LogP contribution in [0.1, 0.15) is 24.4 Å². The van der Waals surface area contributed by atoms with Crippen molar-refractivity contribution in [3.63, 3.8) is 0 Å². The van der Waals surface area contributed by atoms with Crippen LogP contribution < -0.4 is 14.8 Å². The SMILES string of the molecule is COc1nccc(C2CCCN2)c1OC. The van der Waals surface area contributed by atoms with E-state index < -0.39 is 0 Å². The summed E-state index contributed by atoms with van der Waals surface area (Å²) in [5.74, 6) is 1.31. The van der Waals surface area contributed by atoms with Crippen LogP contribution in [0, 0.1) is 0 Å². The molecular weight excluding hydrogens is 192 g/mol. The minimum absolute atomic E-state index is 0.372. The number of hydrogen-bond acceptors (Lipinski definition) is 4. The Morgan fingerprint density at radius 1 is 1.40 bits per heavy atom. The molecule has 4 nitrogen and oxygen atoms in total. The molecule has 1 unspecified atom stereocenters. The molecule has 2 rings (SSSR count). The van der Waals surface area contributed by atoms with Crippen molar-refractivity contribution in [2.24, 2.45) is 0 Å². The topological polar surface area (TPSA) is 43.4 Å². The number of nitrogens with one attached hydrogen (secondary N) is 1. The molecule has 0 aromatic carbocycles. The lowest BCUT2D eigenvalue weighted by Crippen LogP contribution is -2.14. The Balaban J connectivity index is 2.36. The summed E-state index contributed by atoms with van der Waals surface area (Å²) in [5, 5.41) is 3.44. The lowest BCUT2D eigenvalue weighted by Gasteiger charge is -2.16. The quantitative estimate of drug-likeness (QED) is 0.818. The highest BCUT2D eigenvalue weighted by atomic mass is 16.5. The van der Waals surface area contributed by atoms with Gasteiger partial charge in [0.05, 0.1) is 14.2 Å². The third-order valence-electron chi connectivity index (χ3n) is 2.74. The van der Waals surface area contributed by atoms with Crippen LogP contribution in [0.15, 0.2) is 12.3 Å². The van der Waals surface area contributed by atoms with Gasteiger partial charge in [-0.2, -0.15) is 0 Å². The number of hydrogen-bond donors (Lipinski definition) is 1. The van der Waals surface area contributed by atoms with Crippen LogP contribution in [-0.4, -0.2) is 25.7 Å². The molecule has 0 aliphatic carbocycles. The van der Waals surface area contributed by atoms with E-state index in [0.29, 0.717) is 11.9 Å². The van der Waals surface area contributed by atoms with E-state index in [1.165, 1.54) is 6.42 Å². The minimum Gasteiger partial charge on any atom is -0.491 e. The van der Waals surface area contributed by atoms with Gasteiger partial charge < -0.3 is 14.8 Å². The Morgan fingerprint density at radius 2 is 2.27 bits per heavy atom. The maximum atomic E-state index is 5.35. The molecule has 2 heterocycles. The molecule has 1 atom stereocenters. The number of aromatic nitrogens is 1. The van der Waals surface area contributed by atoms with Gasteiger partial charge in [-0.3, -0.25) is 0 Å². The van der Waals surface area contributed by atoms with Crippen molar-refractivity contribution in [3.8, 4) is 11.6 Å². The first kappa shape index (κ1) is 10.2. The molecule has 1 N–H and O–H groups in total. The summed E-state index contributed by atoms with van der Waals surface area (Å²) in [5.41, 5.74) is 1.14. The van der Waals surface area contributed by atoms with Crippen LogP contribution in [-0.2, 0) is 0 Å². The van der Waals surface area contributed by atoms with Gasteiger partial charge in [0.2, 0.25) is 0 Å². The summed E-state index contributed by atoms with van der Waals surface area (Å²) in [4.78, 5) is 4.13. The summed E-state index contributed by atoms with van der Waals surface area (Å²) in [6.45, 7) is 1.07. The highest BCUT2D eigenvalue weighted by molar-refractivity contribution is 5.43. The number of methoxy groups -OCH3 is 2. The highest BCUT2D eigenvalue weighted by Crippen LogP contribution is 2.35. The molecule has 1 aliphatic rings. The first-order valence-electron chi connectivity index (χ1n) is 5.17. The summed E-state index contributed by atoms with van der Waals surface area (Å²) in [6, 6.07) is 2.36. The monoisotopic (exact) mass is 208 g/mol. The first-order valence-corrected chi connectivity index (χ1v) is 5.17. The highest BCUT2D eigenvalue weighted by Gasteiger charge is 2.22. The maximum Gasteiger partial charge on any atom is 0.257 e. The molecule has 4 heteroatoms. The molecule has 15 heavy (non-hydrogen) atoms. The second kappa shape index (κ2) is 4.49. The van der Waals surface area contributed by atoms with Crippen LogP contribution in [0.2, 0.25) is 0 Å². The predicted octanol–water partition coefficient (Wildman–Crippen LogP) is 1.52. The number of nitrogens with zero attached hydrogens (tertiary/aromatic N) is 1. The van der Waals surface area contributed by atoms with Gasteiger partial charge in [-0.1, -0.05) is 0 Å². The average Bonchev–Trinajstić information content (AvgIpc) is 2.81. The van der Waals surface area contributed by atoms with Crippen molar-refractivity contribution in [1.82, 2.24) is 10.3 Å². The van der Waals surface area contributed by atoms with Gasteiger partial charge in [-0.25, -0.2) is 4.98 Å². The Bertz CT molecular complexity index is 335. The largest absolute Gasteiger partial charge is 0.491 e. The molecule has 1 fully saturated rings. The van der Waals surface area contributed by atoms with Crippen LogP contribution in [0.4, 0.5) is 0 Å². The third-order valence-corrected chi connectivity index (χ3v) is 2.74. The van der Waals surface area contributed by atoms with E-state index in [1.807, 2.05) is 6.07 Å². The van der Waals surface area contributed by atoms with Gasteiger partial charge in [0, 0.05) is 17.8 Å². The molecule has 82 valence electrons.